The number of aliphatic hydroxyl groups is 1. The third-order valence-electron chi connectivity index (χ3n) is 4.95. The second-order valence-electron chi connectivity index (χ2n) is 6.48. The van der Waals surface area contributed by atoms with E-state index in [1.54, 1.807) is 0 Å². The molecule has 1 fully saturated rings. The van der Waals surface area contributed by atoms with E-state index < -0.39 is 5.41 Å². The van der Waals surface area contributed by atoms with Crippen molar-refractivity contribution in [3.05, 3.63) is 53.0 Å². The lowest BCUT2D eigenvalue weighted by Crippen LogP contribution is -2.42. The largest absolute Gasteiger partial charge is 0.389 e. The van der Waals surface area contributed by atoms with Gasteiger partial charge in [0.1, 0.15) is 10.7 Å². The number of aromatic nitrogens is 4. The molecule has 0 unspecified atom stereocenters. The van der Waals surface area contributed by atoms with E-state index in [1.807, 2.05) is 42.5 Å². The highest BCUT2D eigenvalue weighted by atomic mass is 32.1. The van der Waals surface area contributed by atoms with Crippen molar-refractivity contribution in [1.29, 1.82) is 5.26 Å². The SMILES string of the molecule is N#CC1(c2ccccc2)CCN(c2ccc(-c3nnc(CO)s3)nn2)CC1. The molecule has 1 saturated heterocycles. The quantitative estimate of drug-likeness (QED) is 0.745. The Labute approximate surface area is 160 Å². The summed E-state index contributed by atoms with van der Waals surface area (Å²) in [4.78, 5) is 2.16. The zero-order valence-electron chi connectivity index (χ0n) is 14.6. The van der Waals surface area contributed by atoms with Crippen LogP contribution in [0.3, 0.4) is 0 Å². The second kappa shape index (κ2) is 7.39. The van der Waals surface area contributed by atoms with E-state index in [4.69, 9.17) is 5.11 Å². The Morgan fingerprint density at radius 3 is 2.41 bits per heavy atom. The molecule has 0 spiro atoms. The molecular weight excluding hydrogens is 360 g/mol. The van der Waals surface area contributed by atoms with Gasteiger partial charge in [-0.2, -0.15) is 5.26 Å². The van der Waals surface area contributed by atoms with Crippen molar-refractivity contribution < 1.29 is 5.11 Å². The molecule has 0 bridgehead atoms. The van der Waals surface area contributed by atoms with Crippen LogP contribution in [-0.2, 0) is 12.0 Å². The Bertz CT molecular complexity index is 942. The van der Waals surface area contributed by atoms with Crippen molar-refractivity contribution in [3.63, 3.8) is 0 Å². The van der Waals surface area contributed by atoms with Gasteiger partial charge in [-0.1, -0.05) is 41.7 Å². The Kier molecular flexibility index (Phi) is 4.79. The Morgan fingerprint density at radius 2 is 1.81 bits per heavy atom. The van der Waals surface area contributed by atoms with E-state index in [1.165, 1.54) is 11.3 Å². The number of piperidine rings is 1. The van der Waals surface area contributed by atoms with E-state index >= 15 is 0 Å². The van der Waals surface area contributed by atoms with Crippen molar-refractivity contribution in [2.75, 3.05) is 18.0 Å². The molecule has 0 aliphatic carbocycles. The standard InChI is InChI=1S/C19H18N6OS/c20-13-19(14-4-2-1-3-5-14)8-10-25(11-9-19)16-7-6-15(21-22-16)18-24-23-17(12-26)27-18/h1-7,26H,8-12H2. The van der Waals surface area contributed by atoms with Crippen molar-refractivity contribution >= 4 is 17.2 Å². The molecule has 1 aromatic carbocycles. The summed E-state index contributed by atoms with van der Waals surface area (Å²) in [6.45, 7) is 1.38. The molecule has 7 nitrogen and oxygen atoms in total. The predicted molar refractivity (Wildman–Crippen MR) is 102 cm³/mol. The molecule has 1 aliphatic rings. The fourth-order valence-electron chi connectivity index (χ4n) is 3.37. The number of aliphatic hydroxyl groups excluding tert-OH is 1. The van der Waals surface area contributed by atoms with Crippen LogP contribution in [0.1, 0.15) is 23.4 Å². The molecule has 136 valence electrons. The van der Waals surface area contributed by atoms with E-state index in [0.717, 1.165) is 37.3 Å². The Balaban J connectivity index is 1.47. The van der Waals surface area contributed by atoms with Crippen LogP contribution in [0.4, 0.5) is 5.82 Å². The lowest BCUT2D eigenvalue weighted by Gasteiger charge is -2.38. The summed E-state index contributed by atoms with van der Waals surface area (Å²) in [5.74, 6) is 0.797. The first-order chi connectivity index (χ1) is 13.2. The number of anilines is 1. The molecule has 3 aromatic rings. The molecule has 1 N–H and O–H groups in total. The maximum Gasteiger partial charge on any atom is 0.168 e. The second-order valence-corrected chi connectivity index (χ2v) is 7.54. The number of nitriles is 1. The van der Waals surface area contributed by atoms with E-state index in [9.17, 15) is 5.26 Å². The van der Waals surface area contributed by atoms with E-state index in [-0.39, 0.29) is 6.61 Å². The van der Waals surface area contributed by atoms with Gasteiger partial charge >= 0.3 is 0 Å². The lowest BCUT2D eigenvalue weighted by atomic mass is 9.74. The third-order valence-corrected chi connectivity index (χ3v) is 5.88. The maximum absolute atomic E-state index is 9.81. The van der Waals surface area contributed by atoms with Crippen LogP contribution < -0.4 is 4.90 Å². The first kappa shape index (κ1) is 17.5. The highest BCUT2D eigenvalue weighted by molar-refractivity contribution is 7.14. The number of hydrogen-bond donors (Lipinski definition) is 1. The lowest BCUT2D eigenvalue weighted by molar-refractivity contribution is 0.280. The van der Waals surface area contributed by atoms with E-state index in [2.05, 4.69) is 31.4 Å². The molecule has 0 radical (unpaired) electrons. The van der Waals surface area contributed by atoms with Crippen molar-refractivity contribution in [3.8, 4) is 16.8 Å². The highest BCUT2D eigenvalue weighted by Gasteiger charge is 2.36. The molecule has 0 saturated carbocycles. The normalized spacial score (nSPS) is 16.1. The monoisotopic (exact) mass is 378 g/mol. The molecule has 0 atom stereocenters. The van der Waals surface area contributed by atoms with Crippen LogP contribution in [0.2, 0.25) is 0 Å². The van der Waals surface area contributed by atoms with E-state index in [0.29, 0.717) is 15.7 Å². The molecule has 8 heteroatoms. The van der Waals surface area contributed by atoms with Crippen LogP contribution in [0, 0.1) is 11.3 Å². The minimum atomic E-state index is -0.432. The summed E-state index contributed by atoms with van der Waals surface area (Å²) < 4.78 is 0. The van der Waals surface area contributed by atoms with Gasteiger partial charge < -0.3 is 10.0 Å². The molecule has 0 amide bonds. The Morgan fingerprint density at radius 1 is 1.04 bits per heavy atom. The van der Waals surface area contributed by atoms with Gasteiger partial charge in [0.25, 0.3) is 0 Å². The van der Waals surface area contributed by atoms with Gasteiger partial charge in [-0.15, -0.1) is 20.4 Å². The minimum Gasteiger partial charge on any atom is -0.389 e. The molecule has 3 heterocycles. The van der Waals surface area contributed by atoms with Gasteiger partial charge in [-0.05, 0) is 30.5 Å². The summed E-state index contributed by atoms with van der Waals surface area (Å²) in [7, 11) is 0. The predicted octanol–water partition coefficient (Wildman–Crippen LogP) is 2.55. The van der Waals surface area contributed by atoms with Crippen molar-refractivity contribution in [1.82, 2.24) is 20.4 Å². The molecule has 4 rings (SSSR count). The average molecular weight is 378 g/mol. The van der Waals surface area contributed by atoms with Gasteiger partial charge in [-0.25, -0.2) is 0 Å². The third kappa shape index (κ3) is 3.39. The molecule has 27 heavy (non-hydrogen) atoms. The van der Waals surface area contributed by atoms with Crippen molar-refractivity contribution in [2.45, 2.75) is 24.9 Å². The summed E-state index contributed by atoms with van der Waals surface area (Å²) in [6, 6.07) is 16.4. The molecule has 2 aromatic heterocycles. The van der Waals surface area contributed by atoms with Crippen molar-refractivity contribution in [2.24, 2.45) is 0 Å². The zero-order chi connectivity index (χ0) is 18.7. The number of benzene rings is 1. The fourth-order valence-corrected chi connectivity index (χ4v) is 4.03. The van der Waals surface area contributed by atoms with Crippen LogP contribution in [0.15, 0.2) is 42.5 Å². The smallest absolute Gasteiger partial charge is 0.168 e. The zero-order valence-corrected chi connectivity index (χ0v) is 15.4. The minimum absolute atomic E-state index is 0.126. The van der Waals surface area contributed by atoms with Gasteiger partial charge in [0.15, 0.2) is 10.8 Å². The first-order valence-electron chi connectivity index (χ1n) is 8.73. The summed E-state index contributed by atoms with van der Waals surface area (Å²) in [6.07, 6.45) is 1.51. The van der Waals surface area contributed by atoms with Gasteiger partial charge in [0.2, 0.25) is 0 Å². The molecule has 1 aliphatic heterocycles. The first-order valence-corrected chi connectivity index (χ1v) is 9.55. The number of nitrogens with zero attached hydrogens (tertiary/aromatic N) is 6. The highest BCUT2D eigenvalue weighted by Crippen LogP contribution is 2.36. The van der Waals surface area contributed by atoms with Crippen LogP contribution >= 0.6 is 11.3 Å². The van der Waals surface area contributed by atoms with Gasteiger partial charge in [0, 0.05) is 13.1 Å². The summed E-state index contributed by atoms with van der Waals surface area (Å²) in [5.41, 5.74) is 1.30. The van der Waals surface area contributed by atoms with Crippen LogP contribution in [0.5, 0.6) is 0 Å². The summed E-state index contributed by atoms with van der Waals surface area (Å²) >= 11 is 1.30. The average Bonchev–Trinajstić information content (AvgIpc) is 3.24. The number of rotatable bonds is 4. The topological polar surface area (TPSA) is 98.8 Å². The van der Waals surface area contributed by atoms with Gasteiger partial charge in [-0.3, -0.25) is 0 Å². The van der Waals surface area contributed by atoms with Crippen LogP contribution in [-0.4, -0.2) is 38.6 Å². The number of hydrogen-bond acceptors (Lipinski definition) is 8. The van der Waals surface area contributed by atoms with Gasteiger partial charge in [0.05, 0.1) is 18.1 Å². The van der Waals surface area contributed by atoms with Crippen LogP contribution in [0.25, 0.3) is 10.7 Å². The fraction of sp³-hybridized carbons (Fsp3) is 0.316. The maximum atomic E-state index is 9.81. The summed E-state index contributed by atoms with van der Waals surface area (Å²) in [5, 5.41) is 36.6. The molecular formula is C19H18N6OS. The Hall–Kier alpha value is -2.89.